The first-order valence-corrected chi connectivity index (χ1v) is 12.6. The molecule has 1 aliphatic heterocycles. The van der Waals surface area contributed by atoms with Crippen LogP contribution in [-0.2, 0) is 16.1 Å². The van der Waals surface area contributed by atoms with Gasteiger partial charge in [-0.05, 0) is 70.9 Å². The Morgan fingerprint density at radius 1 is 0.919 bits per heavy atom. The van der Waals surface area contributed by atoms with Crippen LogP contribution in [0.4, 0.5) is 10.5 Å². The average molecular weight is 509 g/mol. The third-order valence-electron chi connectivity index (χ3n) is 5.97. The van der Waals surface area contributed by atoms with E-state index in [1.54, 1.807) is 30.3 Å². The van der Waals surface area contributed by atoms with Crippen LogP contribution in [0.25, 0.3) is 16.8 Å². The molecule has 4 aromatic rings. The molecule has 1 aliphatic rings. The van der Waals surface area contributed by atoms with Crippen molar-refractivity contribution in [1.29, 1.82) is 0 Å². The van der Waals surface area contributed by atoms with Gasteiger partial charge in [-0.25, -0.2) is 0 Å². The van der Waals surface area contributed by atoms with Crippen LogP contribution >= 0.6 is 11.8 Å². The molecule has 0 spiro atoms. The zero-order valence-electron chi connectivity index (χ0n) is 20.1. The minimum absolute atomic E-state index is 0.125. The van der Waals surface area contributed by atoms with E-state index in [1.165, 1.54) is 4.90 Å². The number of nitrogens with one attached hydrogen (secondary N) is 1. The molecule has 0 unspecified atom stereocenters. The molecule has 6 nitrogen and oxygen atoms in total. The molecule has 1 N–H and O–H groups in total. The van der Waals surface area contributed by atoms with Crippen molar-refractivity contribution in [2.45, 2.75) is 13.5 Å². The number of fused-ring (bicyclic) bond motifs is 1. The number of benzene rings is 4. The number of imide groups is 1. The Labute approximate surface area is 218 Å². The smallest absolute Gasteiger partial charge is 0.293 e. The number of hydrogen-bond donors (Lipinski definition) is 1. The van der Waals surface area contributed by atoms with Crippen LogP contribution in [0.5, 0.6) is 5.75 Å². The molecule has 1 fully saturated rings. The molecule has 0 bridgehead atoms. The van der Waals surface area contributed by atoms with Gasteiger partial charge in [0.2, 0.25) is 0 Å². The summed E-state index contributed by atoms with van der Waals surface area (Å²) in [5.74, 6) is -0.0379. The average Bonchev–Trinajstić information content (AvgIpc) is 3.17. The van der Waals surface area contributed by atoms with Gasteiger partial charge in [-0.2, -0.15) is 0 Å². The third kappa shape index (κ3) is 5.73. The number of thioether (sulfide) groups is 1. The number of carbonyl (C=O) groups is 3. The minimum atomic E-state index is -0.309. The van der Waals surface area contributed by atoms with Crippen molar-refractivity contribution < 1.29 is 19.1 Å². The number of amides is 3. The highest BCUT2D eigenvalue weighted by Gasteiger charge is 2.35. The summed E-state index contributed by atoms with van der Waals surface area (Å²) in [7, 11) is 0. The van der Waals surface area contributed by atoms with Gasteiger partial charge in [-0.3, -0.25) is 19.3 Å². The number of hydrogen-bond acceptors (Lipinski definition) is 5. The Hall–Kier alpha value is -4.36. The molecule has 0 radical (unpaired) electrons. The Morgan fingerprint density at radius 2 is 1.65 bits per heavy atom. The van der Waals surface area contributed by atoms with E-state index in [2.05, 4.69) is 5.32 Å². The molecule has 5 rings (SSSR count). The number of nitrogens with zero attached hydrogens (tertiary/aromatic N) is 1. The van der Waals surface area contributed by atoms with Crippen molar-refractivity contribution in [2.75, 3.05) is 11.9 Å². The standard InChI is InChI=1S/C30H24N2O4S/c1-20-9-13-24(14-10-20)31-28(33)19-36-25-15-11-21(12-16-25)17-27-29(34)32(30(35)37-27)18-23-7-4-6-22-5-2-3-8-26(22)23/h2-17H,18-19H2,1H3,(H,31,33)/b27-17-. The third-order valence-corrected chi connectivity index (χ3v) is 6.87. The fourth-order valence-electron chi connectivity index (χ4n) is 4.03. The van der Waals surface area contributed by atoms with Crippen molar-refractivity contribution in [3.63, 3.8) is 0 Å². The normalized spacial score (nSPS) is 14.4. The van der Waals surface area contributed by atoms with Crippen molar-refractivity contribution >= 4 is 51.4 Å². The van der Waals surface area contributed by atoms with Crippen molar-refractivity contribution in [2.24, 2.45) is 0 Å². The van der Waals surface area contributed by atoms with Gasteiger partial charge in [0, 0.05) is 5.69 Å². The van der Waals surface area contributed by atoms with E-state index in [0.717, 1.165) is 39.2 Å². The number of aryl methyl sites for hydroxylation is 1. The lowest BCUT2D eigenvalue weighted by atomic mass is 10.0. The molecular weight excluding hydrogens is 484 g/mol. The topological polar surface area (TPSA) is 75.7 Å². The van der Waals surface area contributed by atoms with Crippen LogP contribution in [0, 0.1) is 6.92 Å². The zero-order chi connectivity index (χ0) is 25.8. The molecule has 1 heterocycles. The lowest BCUT2D eigenvalue weighted by molar-refractivity contribution is -0.123. The molecule has 0 aliphatic carbocycles. The first kappa shape index (κ1) is 24.3. The molecule has 0 aromatic heterocycles. The maximum Gasteiger partial charge on any atom is 0.293 e. The van der Waals surface area contributed by atoms with Gasteiger partial charge in [0.15, 0.2) is 6.61 Å². The molecule has 7 heteroatoms. The lowest BCUT2D eigenvalue weighted by Gasteiger charge is -2.14. The molecular formula is C30H24N2O4S. The van der Waals surface area contributed by atoms with Gasteiger partial charge in [0.1, 0.15) is 5.75 Å². The van der Waals surface area contributed by atoms with E-state index < -0.39 is 0 Å². The summed E-state index contributed by atoms with van der Waals surface area (Å²) >= 11 is 0.936. The van der Waals surface area contributed by atoms with Crippen LogP contribution in [0.3, 0.4) is 0 Å². The highest BCUT2D eigenvalue weighted by Crippen LogP contribution is 2.34. The van der Waals surface area contributed by atoms with Gasteiger partial charge in [0.25, 0.3) is 17.1 Å². The summed E-state index contributed by atoms with van der Waals surface area (Å²) in [5, 5.41) is 4.59. The fraction of sp³-hybridized carbons (Fsp3) is 0.100. The Balaban J connectivity index is 1.21. The van der Waals surface area contributed by atoms with E-state index in [-0.39, 0.29) is 30.2 Å². The number of ether oxygens (including phenoxy) is 1. The Morgan fingerprint density at radius 3 is 2.43 bits per heavy atom. The first-order valence-electron chi connectivity index (χ1n) is 11.8. The summed E-state index contributed by atoms with van der Waals surface area (Å²) < 4.78 is 5.58. The van der Waals surface area contributed by atoms with E-state index >= 15 is 0 Å². The van der Waals surface area contributed by atoms with E-state index in [0.29, 0.717) is 16.3 Å². The van der Waals surface area contributed by atoms with Gasteiger partial charge in [-0.1, -0.05) is 72.3 Å². The molecule has 1 saturated heterocycles. The second kappa shape index (κ2) is 10.7. The van der Waals surface area contributed by atoms with Gasteiger partial charge >= 0.3 is 0 Å². The zero-order valence-corrected chi connectivity index (χ0v) is 21.0. The summed E-state index contributed by atoms with van der Waals surface area (Å²) in [6, 6.07) is 28.3. The summed E-state index contributed by atoms with van der Waals surface area (Å²) in [5.41, 5.74) is 3.51. The first-order chi connectivity index (χ1) is 18.0. The van der Waals surface area contributed by atoms with E-state index in [4.69, 9.17) is 4.74 Å². The molecule has 0 atom stereocenters. The van der Waals surface area contributed by atoms with Crippen molar-refractivity contribution in [3.05, 3.63) is 113 Å². The molecule has 37 heavy (non-hydrogen) atoms. The van der Waals surface area contributed by atoms with Crippen LogP contribution in [0.15, 0.2) is 95.9 Å². The lowest BCUT2D eigenvalue weighted by Crippen LogP contribution is -2.27. The maximum absolute atomic E-state index is 13.0. The van der Waals surface area contributed by atoms with Crippen molar-refractivity contribution in [1.82, 2.24) is 4.90 Å². The molecule has 184 valence electrons. The predicted octanol–water partition coefficient (Wildman–Crippen LogP) is 6.40. The van der Waals surface area contributed by atoms with Gasteiger partial charge in [-0.15, -0.1) is 0 Å². The molecule has 0 saturated carbocycles. The predicted molar refractivity (Wildman–Crippen MR) is 147 cm³/mol. The second-order valence-electron chi connectivity index (χ2n) is 8.68. The van der Waals surface area contributed by atoms with Crippen molar-refractivity contribution in [3.8, 4) is 5.75 Å². The number of rotatable bonds is 7. The van der Waals surface area contributed by atoms with Crippen LogP contribution < -0.4 is 10.1 Å². The summed E-state index contributed by atoms with van der Waals surface area (Å²) in [6.45, 7) is 2.08. The largest absolute Gasteiger partial charge is 0.484 e. The van der Waals surface area contributed by atoms with Crippen LogP contribution in [0.1, 0.15) is 16.7 Å². The van der Waals surface area contributed by atoms with E-state index in [1.807, 2.05) is 73.7 Å². The fourth-order valence-corrected chi connectivity index (χ4v) is 4.87. The summed E-state index contributed by atoms with van der Waals surface area (Å²) in [4.78, 5) is 39.5. The second-order valence-corrected chi connectivity index (χ2v) is 9.67. The van der Waals surface area contributed by atoms with Gasteiger partial charge < -0.3 is 10.1 Å². The quantitative estimate of drug-likeness (QED) is 0.292. The molecule has 3 amide bonds. The van der Waals surface area contributed by atoms with Crippen LogP contribution in [0.2, 0.25) is 0 Å². The maximum atomic E-state index is 13.0. The monoisotopic (exact) mass is 508 g/mol. The van der Waals surface area contributed by atoms with Gasteiger partial charge in [0.05, 0.1) is 11.4 Å². The van der Waals surface area contributed by atoms with E-state index in [9.17, 15) is 14.4 Å². The SMILES string of the molecule is Cc1ccc(NC(=O)COc2ccc(/C=C3\SC(=O)N(Cc4cccc5ccccc45)C3=O)cc2)cc1. The number of carbonyl (C=O) groups excluding carboxylic acids is 3. The Kier molecular flexibility index (Phi) is 7.05. The van der Waals surface area contributed by atoms with Crippen LogP contribution in [-0.4, -0.2) is 28.6 Å². The highest BCUT2D eigenvalue weighted by molar-refractivity contribution is 8.18. The highest BCUT2D eigenvalue weighted by atomic mass is 32.2. The minimum Gasteiger partial charge on any atom is -0.484 e. The summed E-state index contributed by atoms with van der Waals surface area (Å²) in [6.07, 6.45) is 1.70. The number of anilines is 1. The Bertz CT molecular complexity index is 1510. The molecule has 4 aromatic carbocycles.